The van der Waals surface area contributed by atoms with Crippen LogP contribution in [-0.4, -0.2) is 77.2 Å². The highest BCUT2D eigenvalue weighted by atomic mass is 32.2. The van der Waals surface area contributed by atoms with Crippen molar-refractivity contribution in [2.45, 2.75) is 36.4 Å². The second-order valence-corrected chi connectivity index (χ2v) is 11.4. The molecule has 1 amide bonds. The Morgan fingerprint density at radius 2 is 1.81 bits per heavy atom. The standard InChI is InChI=1S/C26H29N5O4S/c1-36(34,35)21-8-6-20(7-9-21)29-25-14-22(27-17-28-25)26(33)31-13-11-23(24(32)16-31)30-12-10-18-4-2-3-5-19(18)15-30/h2-9,14,17,23-24,32H,10-13,15-16H2,1H3,(H,27,28,29)/t23-,24-/m0/s1. The van der Waals surface area contributed by atoms with Gasteiger partial charge in [-0.1, -0.05) is 24.3 Å². The number of rotatable bonds is 5. The van der Waals surface area contributed by atoms with Gasteiger partial charge in [0.15, 0.2) is 9.84 Å². The number of likely N-dealkylation sites (tertiary alicyclic amines) is 1. The third kappa shape index (κ3) is 5.25. The molecule has 3 aromatic rings. The van der Waals surface area contributed by atoms with Crippen LogP contribution in [0.4, 0.5) is 11.5 Å². The van der Waals surface area contributed by atoms with Gasteiger partial charge in [-0.25, -0.2) is 18.4 Å². The number of β-amino-alcohol motifs (C(OH)–C–C–N with tert-alkyl or cyclic N) is 1. The number of fused-ring (bicyclic) bond motifs is 1. The lowest BCUT2D eigenvalue weighted by molar-refractivity contribution is -0.0139. The van der Waals surface area contributed by atoms with Crippen molar-refractivity contribution in [3.8, 4) is 0 Å². The van der Waals surface area contributed by atoms with E-state index in [1.54, 1.807) is 23.1 Å². The van der Waals surface area contributed by atoms with Crippen LogP contribution >= 0.6 is 0 Å². The molecule has 0 spiro atoms. The Morgan fingerprint density at radius 1 is 1.06 bits per heavy atom. The largest absolute Gasteiger partial charge is 0.390 e. The summed E-state index contributed by atoms with van der Waals surface area (Å²) in [6.45, 7) is 2.51. The molecule has 2 aliphatic rings. The maximum Gasteiger partial charge on any atom is 0.272 e. The minimum absolute atomic E-state index is 0.0138. The quantitative estimate of drug-likeness (QED) is 0.540. The van der Waals surface area contributed by atoms with E-state index in [0.717, 1.165) is 25.8 Å². The summed E-state index contributed by atoms with van der Waals surface area (Å²) in [7, 11) is -3.28. The molecule has 0 saturated carbocycles. The van der Waals surface area contributed by atoms with Gasteiger partial charge in [0.2, 0.25) is 0 Å². The van der Waals surface area contributed by atoms with E-state index in [1.807, 2.05) is 0 Å². The molecule has 0 unspecified atom stereocenters. The van der Waals surface area contributed by atoms with Crippen LogP contribution in [0.25, 0.3) is 0 Å². The number of amides is 1. The van der Waals surface area contributed by atoms with Crippen LogP contribution in [0.15, 0.2) is 65.8 Å². The first-order valence-corrected chi connectivity index (χ1v) is 13.8. The van der Waals surface area contributed by atoms with E-state index in [-0.39, 0.29) is 29.1 Å². The molecule has 10 heteroatoms. The number of hydrogen-bond donors (Lipinski definition) is 2. The molecule has 188 valence electrons. The molecule has 36 heavy (non-hydrogen) atoms. The Bertz CT molecular complexity index is 1360. The minimum Gasteiger partial charge on any atom is -0.390 e. The summed E-state index contributed by atoms with van der Waals surface area (Å²) in [5.41, 5.74) is 3.55. The average molecular weight is 508 g/mol. The first-order valence-electron chi connectivity index (χ1n) is 12.0. The molecule has 5 rings (SSSR count). The number of carbonyl (C=O) groups excluding carboxylic acids is 1. The van der Waals surface area contributed by atoms with Gasteiger partial charge in [-0.3, -0.25) is 9.69 Å². The number of aromatic nitrogens is 2. The summed E-state index contributed by atoms with van der Waals surface area (Å²) in [6, 6.07) is 16.3. The molecule has 0 radical (unpaired) electrons. The maximum atomic E-state index is 13.2. The topological polar surface area (TPSA) is 116 Å². The zero-order chi connectivity index (χ0) is 25.3. The minimum atomic E-state index is -3.28. The van der Waals surface area contributed by atoms with E-state index in [0.29, 0.717) is 24.5 Å². The predicted molar refractivity (Wildman–Crippen MR) is 136 cm³/mol. The first kappa shape index (κ1) is 24.4. The summed E-state index contributed by atoms with van der Waals surface area (Å²) >= 11 is 0. The number of hydrogen-bond acceptors (Lipinski definition) is 8. The molecule has 2 aromatic carbocycles. The van der Waals surface area contributed by atoms with Crippen LogP contribution in [0.1, 0.15) is 28.0 Å². The van der Waals surface area contributed by atoms with E-state index in [1.165, 1.54) is 29.6 Å². The number of carbonyl (C=O) groups is 1. The number of piperidine rings is 1. The molecule has 2 N–H and O–H groups in total. The summed E-state index contributed by atoms with van der Waals surface area (Å²) < 4.78 is 23.3. The fourth-order valence-electron chi connectivity index (χ4n) is 4.97. The van der Waals surface area contributed by atoms with Gasteiger partial charge in [0.05, 0.1) is 11.0 Å². The van der Waals surface area contributed by atoms with E-state index in [9.17, 15) is 18.3 Å². The van der Waals surface area contributed by atoms with Crippen molar-refractivity contribution in [3.63, 3.8) is 0 Å². The number of benzene rings is 2. The SMILES string of the molecule is CS(=O)(=O)c1ccc(Nc2cc(C(=O)N3CC[C@H](N4CCc5ccccc5C4)[C@@H](O)C3)ncn2)cc1. The zero-order valence-electron chi connectivity index (χ0n) is 20.0. The molecular weight excluding hydrogens is 478 g/mol. The van der Waals surface area contributed by atoms with Crippen molar-refractivity contribution in [1.82, 2.24) is 19.8 Å². The van der Waals surface area contributed by atoms with Gasteiger partial charge in [-0.2, -0.15) is 0 Å². The van der Waals surface area contributed by atoms with Gasteiger partial charge in [-0.05, 0) is 48.2 Å². The van der Waals surface area contributed by atoms with Crippen LogP contribution in [0.2, 0.25) is 0 Å². The monoisotopic (exact) mass is 507 g/mol. The normalized spacial score (nSPS) is 20.6. The fraction of sp³-hybridized carbons (Fsp3) is 0.346. The van der Waals surface area contributed by atoms with Crippen molar-refractivity contribution in [3.05, 3.63) is 77.7 Å². The molecule has 9 nitrogen and oxygen atoms in total. The lowest BCUT2D eigenvalue weighted by Crippen LogP contribution is -2.56. The number of sulfone groups is 1. The summed E-state index contributed by atoms with van der Waals surface area (Å²) in [5.74, 6) is 0.164. The summed E-state index contributed by atoms with van der Waals surface area (Å²) in [6.07, 6.45) is 3.49. The van der Waals surface area contributed by atoms with E-state index < -0.39 is 15.9 Å². The number of anilines is 2. The predicted octanol–water partition coefficient (Wildman–Crippen LogP) is 2.26. The number of nitrogens with one attached hydrogen (secondary N) is 1. The smallest absolute Gasteiger partial charge is 0.272 e. The Morgan fingerprint density at radius 3 is 2.53 bits per heavy atom. The second kappa shape index (κ2) is 9.96. The first-order chi connectivity index (χ1) is 17.3. The summed E-state index contributed by atoms with van der Waals surface area (Å²) in [4.78, 5) is 25.7. The van der Waals surface area contributed by atoms with Crippen molar-refractivity contribution < 1.29 is 18.3 Å². The van der Waals surface area contributed by atoms with Crippen molar-refractivity contribution in [2.75, 3.05) is 31.2 Å². The summed E-state index contributed by atoms with van der Waals surface area (Å²) in [5, 5.41) is 14.0. The van der Waals surface area contributed by atoms with Crippen LogP contribution in [0.5, 0.6) is 0 Å². The van der Waals surface area contributed by atoms with Crippen LogP contribution in [-0.2, 0) is 22.8 Å². The second-order valence-electron chi connectivity index (χ2n) is 9.37. The van der Waals surface area contributed by atoms with Crippen LogP contribution in [0.3, 0.4) is 0 Å². The number of nitrogens with zero attached hydrogens (tertiary/aromatic N) is 4. The third-order valence-corrected chi connectivity index (χ3v) is 8.03. The lowest BCUT2D eigenvalue weighted by Gasteiger charge is -2.43. The van der Waals surface area contributed by atoms with Crippen molar-refractivity contribution in [2.24, 2.45) is 0 Å². The van der Waals surface area contributed by atoms with Gasteiger partial charge in [0.1, 0.15) is 17.8 Å². The highest BCUT2D eigenvalue weighted by Gasteiger charge is 2.35. The Kier molecular flexibility index (Phi) is 6.74. The molecule has 2 aliphatic heterocycles. The molecule has 0 aliphatic carbocycles. The highest BCUT2D eigenvalue weighted by molar-refractivity contribution is 7.90. The van der Waals surface area contributed by atoms with Gasteiger partial charge < -0.3 is 15.3 Å². The van der Waals surface area contributed by atoms with Gasteiger partial charge in [0.25, 0.3) is 5.91 Å². The molecule has 1 fully saturated rings. The third-order valence-electron chi connectivity index (χ3n) is 6.90. The van der Waals surface area contributed by atoms with Crippen LogP contribution < -0.4 is 5.32 Å². The molecule has 2 atom stereocenters. The Balaban J connectivity index is 1.22. The van der Waals surface area contributed by atoms with Gasteiger partial charge >= 0.3 is 0 Å². The fourth-order valence-corrected chi connectivity index (χ4v) is 5.60. The molecule has 1 saturated heterocycles. The lowest BCUT2D eigenvalue weighted by atomic mass is 9.94. The Labute approximate surface area is 210 Å². The maximum absolute atomic E-state index is 13.2. The van der Waals surface area contributed by atoms with E-state index in [4.69, 9.17) is 0 Å². The molecular formula is C26H29N5O4S. The molecule has 3 heterocycles. The van der Waals surface area contributed by atoms with Crippen molar-refractivity contribution >= 4 is 27.2 Å². The number of aliphatic hydroxyl groups is 1. The van der Waals surface area contributed by atoms with Gasteiger partial charge in [0, 0.05) is 50.2 Å². The Hall–Kier alpha value is -3.34. The van der Waals surface area contributed by atoms with Gasteiger partial charge in [-0.15, -0.1) is 0 Å². The van der Waals surface area contributed by atoms with Crippen molar-refractivity contribution in [1.29, 1.82) is 0 Å². The highest BCUT2D eigenvalue weighted by Crippen LogP contribution is 2.26. The average Bonchev–Trinajstić information content (AvgIpc) is 2.88. The number of aliphatic hydroxyl groups excluding tert-OH is 1. The van der Waals surface area contributed by atoms with E-state index in [2.05, 4.69) is 44.5 Å². The van der Waals surface area contributed by atoms with Crippen LogP contribution in [0, 0.1) is 0 Å². The molecule has 1 aromatic heterocycles. The zero-order valence-corrected chi connectivity index (χ0v) is 20.9. The molecule has 0 bridgehead atoms. The van der Waals surface area contributed by atoms with E-state index >= 15 is 0 Å².